The van der Waals surface area contributed by atoms with Crippen LogP contribution in [0.2, 0.25) is 0 Å². The van der Waals surface area contributed by atoms with Gasteiger partial charge in [0.05, 0.1) is 16.5 Å². The Morgan fingerprint density at radius 1 is 1.25 bits per heavy atom. The Morgan fingerprint density at radius 3 is 2.82 bits per heavy atom. The molecule has 0 spiro atoms. The highest BCUT2D eigenvalue weighted by atomic mass is 16.1. The lowest BCUT2D eigenvalue weighted by Crippen LogP contribution is -2.19. The largest absolute Gasteiger partial charge is 0.367 e. The number of nitrogens with two attached hydrogens (primary N) is 1. The number of nitrogens with one attached hydrogen (secondary N) is 2. The van der Waals surface area contributed by atoms with Crippen LogP contribution in [-0.4, -0.2) is 26.9 Å². The minimum Gasteiger partial charge on any atom is -0.367 e. The molecule has 1 saturated carbocycles. The zero-order chi connectivity index (χ0) is 19.3. The van der Waals surface area contributed by atoms with E-state index >= 15 is 0 Å². The number of hydrogen-bond donors (Lipinski definition) is 3. The molecule has 1 unspecified atom stereocenters. The number of aromatic nitrogens is 3. The van der Waals surface area contributed by atoms with Crippen LogP contribution in [0.25, 0.3) is 32.9 Å². The number of aromatic amines is 1. The Balaban J connectivity index is 1.71. The number of anilines is 1. The van der Waals surface area contributed by atoms with E-state index in [2.05, 4.69) is 45.4 Å². The average Bonchev–Trinajstić information content (AvgIpc) is 3.48. The summed E-state index contributed by atoms with van der Waals surface area (Å²) in [5.41, 5.74) is 9.77. The van der Waals surface area contributed by atoms with Crippen molar-refractivity contribution in [3.8, 4) is 11.1 Å². The molecular weight excluding hydrogens is 350 g/mol. The number of amides is 1. The summed E-state index contributed by atoms with van der Waals surface area (Å²) in [5, 5.41) is 5.48. The first kappa shape index (κ1) is 16.7. The van der Waals surface area contributed by atoms with Crippen LogP contribution in [0.1, 0.15) is 30.1 Å². The summed E-state index contributed by atoms with van der Waals surface area (Å²) in [4.78, 5) is 24.1. The first-order chi connectivity index (χ1) is 13.6. The number of hydrogen-bond acceptors (Lipinski definition) is 4. The summed E-state index contributed by atoms with van der Waals surface area (Å²) < 4.78 is 0. The molecule has 1 amide bonds. The van der Waals surface area contributed by atoms with Gasteiger partial charge in [-0.05, 0) is 43.4 Å². The fraction of sp³-hybridized carbons (Fsp3) is 0.227. The molecule has 28 heavy (non-hydrogen) atoms. The Morgan fingerprint density at radius 2 is 2.11 bits per heavy atom. The van der Waals surface area contributed by atoms with Gasteiger partial charge in [-0.3, -0.25) is 9.78 Å². The average molecular weight is 371 g/mol. The zero-order valence-corrected chi connectivity index (χ0v) is 15.6. The molecule has 140 valence electrons. The predicted octanol–water partition coefficient (Wildman–Crippen LogP) is 4.09. The van der Waals surface area contributed by atoms with Gasteiger partial charge in [0.1, 0.15) is 5.82 Å². The number of carbonyl (C=O) groups is 1. The lowest BCUT2D eigenvalue weighted by Gasteiger charge is -2.15. The van der Waals surface area contributed by atoms with Crippen LogP contribution in [-0.2, 0) is 0 Å². The number of primary amides is 1. The Bertz CT molecular complexity index is 1190. The number of carbonyl (C=O) groups excluding carboxylic acids is 1. The highest BCUT2D eigenvalue weighted by Gasteiger charge is 2.29. The van der Waals surface area contributed by atoms with Gasteiger partial charge in [0, 0.05) is 41.1 Å². The summed E-state index contributed by atoms with van der Waals surface area (Å²) in [6, 6.07) is 10.5. The fourth-order valence-corrected chi connectivity index (χ4v) is 3.84. The molecule has 1 aromatic carbocycles. The molecule has 0 radical (unpaired) electrons. The number of nitrogens with zero attached hydrogens (tertiary/aromatic N) is 2. The molecular formula is C22H21N5O. The lowest BCUT2D eigenvalue weighted by molar-refractivity contribution is 0.100. The maximum atomic E-state index is 12.0. The summed E-state index contributed by atoms with van der Waals surface area (Å²) in [6.07, 6.45) is 7.65. The third kappa shape index (κ3) is 2.78. The predicted molar refractivity (Wildman–Crippen MR) is 111 cm³/mol. The van der Waals surface area contributed by atoms with Gasteiger partial charge in [-0.2, -0.15) is 0 Å². The second-order valence-corrected chi connectivity index (χ2v) is 7.53. The third-order valence-electron chi connectivity index (χ3n) is 5.58. The Hall–Kier alpha value is -3.41. The van der Waals surface area contributed by atoms with Crippen LogP contribution in [0, 0.1) is 5.92 Å². The van der Waals surface area contributed by atoms with Crippen molar-refractivity contribution >= 4 is 33.5 Å². The quantitative estimate of drug-likeness (QED) is 0.492. The fourth-order valence-electron chi connectivity index (χ4n) is 3.84. The molecule has 1 aliphatic rings. The molecule has 0 bridgehead atoms. The van der Waals surface area contributed by atoms with E-state index in [1.807, 2.05) is 18.3 Å². The van der Waals surface area contributed by atoms with Crippen molar-refractivity contribution < 1.29 is 4.79 Å². The number of pyridine rings is 2. The smallest absolute Gasteiger partial charge is 0.252 e. The maximum Gasteiger partial charge on any atom is 0.252 e. The molecule has 5 rings (SSSR count). The van der Waals surface area contributed by atoms with Crippen LogP contribution in [0.3, 0.4) is 0 Å². The molecule has 4 aromatic rings. The Labute approximate surface area is 162 Å². The zero-order valence-electron chi connectivity index (χ0n) is 15.6. The van der Waals surface area contributed by atoms with Gasteiger partial charge < -0.3 is 16.0 Å². The van der Waals surface area contributed by atoms with E-state index in [-0.39, 0.29) is 0 Å². The highest BCUT2D eigenvalue weighted by Crippen LogP contribution is 2.38. The van der Waals surface area contributed by atoms with Gasteiger partial charge in [0.25, 0.3) is 5.91 Å². The summed E-state index contributed by atoms with van der Waals surface area (Å²) in [6.45, 7) is 2.18. The number of H-pyrrole nitrogens is 1. The molecule has 0 saturated heterocycles. The number of fused-ring (bicyclic) bond motifs is 3. The van der Waals surface area contributed by atoms with Crippen LogP contribution >= 0.6 is 0 Å². The van der Waals surface area contributed by atoms with Gasteiger partial charge >= 0.3 is 0 Å². The molecule has 4 N–H and O–H groups in total. The first-order valence-corrected chi connectivity index (χ1v) is 9.53. The monoisotopic (exact) mass is 371 g/mol. The van der Waals surface area contributed by atoms with E-state index in [9.17, 15) is 4.79 Å². The number of benzene rings is 1. The third-order valence-corrected chi connectivity index (χ3v) is 5.58. The highest BCUT2D eigenvalue weighted by molar-refractivity contribution is 6.18. The molecule has 0 aliphatic heterocycles. The normalized spacial score (nSPS) is 15.0. The molecule has 1 atom stereocenters. The van der Waals surface area contributed by atoms with E-state index in [1.165, 1.54) is 12.8 Å². The molecule has 6 heteroatoms. The van der Waals surface area contributed by atoms with Crippen molar-refractivity contribution in [2.75, 3.05) is 5.32 Å². The molecule has 3 heterocycles. The van der Waals surface area contributed by atoms with Crippen molar-refractivity contribution in [2.45, 2.75) is 25.8 Å². The lowest BCUT2D eigenvalue weighted by atomic mass is 10.0. The summed E-state index contributed by atoms with van der Waals surface area (Å²) >= 11 is 0. The number of rotatable bonds is 5. The van der Waals surface area contributed by atoms with Crippen molar-refractivity contribution in [3.63, 3.8) is 0 Å². The second kappa shape index (κ2) is 6.34. The summed E-state index contributed by atoms with van der Waals surface area (Å²) in [7, 11) is 0. The van der Waals surface area contributed by atoms with Gasteiger partial charge in [0.15, 0.2) is 0 Å². The van der Waals surface area contributed by atoms with Crippen LogP contribution in [0.15, 0.2) is 48.9 Å². The van der Waals surface area contributed by atoms with Crippen LogP contribution in [0.5, 0.6) is 0 Å². The van der Waals surface area contributed by atoms with E-state index < -0.39 is 5.91 Å². The SMILES string of the molecule is CC(Nc1ncc(C(N)=O)c2[nH]c3cc(-c4cccnc4)ccc3c12)C1CC1. The van der Waals surface area contributed by atoms with E-state index in [1.54, 1.807) is 12.4 Å². The van der Waals surface area contributed by atoms with Crippen molar-refractivity contribution in [3.05, 3.63) is 54.5 Å². The topological polar surface area (TPSA) is 96.7 Å². The van der Waals surface area contributed by atoms with Crippen LogP contribution in [0.4, 0.5) is 5.82 Å². The minimum atomic E-state index is -0.488. The van der Waals surface area contributed by atoms with Gasteiger partial charge in [-0.15, -0.1) is 0 Å². The second-order valence-electron chi connectivity index (χ2n) is 7.53. The van der Waals surface area contributed by atoms with Crippen molar-refractivity contribution in [1.29, 1.82) is 0 Å². The van der Waals surface area contributed by atoms with Gasteiger partial charge in [0.2, 0.25) is 0 Å². The Kier molecular flexibility index (Phi) is 3.79. The standard InChI is InChI=1S/C22H21N5O/c1-12(13-4-5-13)26-22-19-16-7-6-14(15-3-2-8-24-10-15)9-18(16)27-20(19)17(11-25-22)21(23)28/h2-3,6-13,27H,4-5H2,1H3,(H2,23,28)(H,25,26). The summed E-state index contributed by atoms with van der Waals surface area (Å²) in [5.74, 6) is 0.994. The first-order valence-electron chi connectivity index (χ1n) is 9.53. The van der Waals surface area contributed by atoms with E-state index in [4.69, 9.17) is 5.73 Å². The molecule has 1 fully saturated rings. The maximum absolute atomic E-state index is 12.0. The van der Waals surface area contributed by atoms with E-state index in [0.29, 0.717) is 17.5 Å². The van der Waals surface area contributed by atoms with Gasteiger partial charge in [-0.1, -0.05) is 18.2 Å². The van der Waals surface area contributed by atoms with Crippen molar-refractivity contribution in [2.24, 2.45) is 11.7 Å². The minimum absolute atomic E-state index is 0.342. The molecule has 6 nitrogen and oxygen atoms in total. The molecule has 1 aliphatic carbocycles. The van der Waals surface area contributed by atoms with Gasteiger partial charge in [-0.25, -0.2) is 4.98 Å². The van der Waals surface area contributed by atoms with Crippen molar-refractivity contribution in [1.82, 2.24) is 15.0 Å². The van der Waals surface area contributed by atoms with E-state index in [0.717, 1.165) is 38.8 Å². The molecule has 3 aromatic heterocycles. The van der Waals surface area contributed by atoms with Crippen LogP contribution < -0.4 is 11.1 Å².